The lowest BCUT2D eigenvalue weighted by molar-refractivity contribution is 0.0996. The van der Waals surface area contributed by atoms with Crippen molar-refractivity contribution in [1.29, 1.82) is 0 Å². The average Bonchev–Trinajstić information content (AvgIpc) is 3.22. The third-order valence-corrected chi connectivity index (χ3v) is 5.17. The van der Waals surface area contributed by atoms with E-state index in [2.05, 4.69) is 15.2 Å². The Morgan fingerprint density at radius 3 is 2.46 bits per heavy atom. The van der Waals surface area contributed by atoms with E-state index >= 15 is 0 Å². The predicted octanol–water partition coefficient (Wildman–Crippen LogP) is 3.54. The molecule has 28 heavy (non-hydrogen) atoms. The first kappa shape index (κ1) is 19.4. The molecule has 0 aliphatic carbocycles. The summed E-state index contributed by atoms with van der Waals surface area (Å²) in [5.41, 5.74) is 2.61. The van der Waals surface area contributed by atoms with Gasteiger partial charge in [-0.3, -0.25) is 4.79 Å². The van der Waals surface area contributed by atoms with Crippen molar-refractivity contribution in [2.24, 2.45) is 5.10 Å². The Bertz CT molecular complexity index is 1100. The van der Waals surface area contributed by atoms with Crippen LogP contribution in [-0.4, -0.2) is 20.0 Å². The van der Waals surface area contributed by atoms with E-state index in [1.54, 1.807) is 55.5 Å². The fourth-order valence-corrected chi connectivity index (χ4v) is 3.24. The van der Waals surface area contributed by atoms with Crippen LogP contribution in [0.1, 0.15) is 28.6 Å². The van der Waals surface area contributed by atoms with Crippen molar-refractivity contribution in [3.05, 3.63) is 83.8 Å². The number of rotatable bonds is 6. The molecular weight excluding hydrogens is 378 g/mol. The Morgan fingerprint density at radius 2 is 1.79 bits per heavy atom. The second-order valence-electron chi connectivity index (χ2n) is 6.12. The zero-order valence-corrected chi connectivity index (χ0v) is 16.2. The number of aryl methyl sites for hydroxylation is 1. The van der Waals surface area contributed by atoms with Gasteiger partial charge in [-0.1, -0.05) is 29.8 Å². The summed E-state index contributed by atoms with van der Waals surface area (Å²) in [5.74, 6) is -0.182. The number of benzene rings is 2. The number of carbonyl (C=O) groups is 1. The van der Waals surface area contributed by atoms with Crippen LogP contribution >= 0.6 is 0 Å². The number of anilines is 1. The molecule has 0 fully saturated rings. The summed E-state index contributed by atoms with van der Waals surface area (Å²) in [5, 5.41) is 6.70. The molecule has 0 saturated carbocycles. The zero-order valence-electron chi connectivity index (χ0n) is 15.3. The maximum absolute atomic E-state index is 12.3. The summed E-state index contributed by atoms with van der Waals surface area (Å²) in [6.45, 7) is 3.55. The largest absolute Gasteiger partial charge is 0.459 e. The lowest BCUT2D eigenvalue weighted by Crippen LogP contribution is -2.20. The lowest BCUT2D eigenvalue weighted by Gasteiger charge is -2.08. The highest BCUT2D eigenvalue weighted by atomic mass is 32.2. The normalized spacial score (nSPS) is 11.9. The van der Waals surface area contributed by atoms with Crippen LogP contribution in [0.3, 0.4) is 0 Å². The minimum absolute atomic E-state index is 0.133. The van der Waals surface area contributed by atoms with Crippen LogP contribution in [0, 0.1) is 6.92 Å². The van der Waals surface area contributed by atoms with Crippen molar-refractivity contribution in [2.75, 3.05) is 5.32 Å². The third kappa shape index (κ3) is 4.66. The minimum atomic E-state index is -3.76. The molecule has 2 N–H and O–H groups in total. The van der Waals surface area contributed by atoms with Gasteiger partial charge in [0.15, 0.2) is 5.76 Å². The van der Waals surface area contributed by atoms with Gasteiger partial charge in [0.1, 0.15) is 0 Å². The van der Waals surface area contributed by atoms with Gasteiger partial charge >= 0.3 is 0 Å². The topological polar surface area (TPSA) is 101 Å². The highest BCUT2D eigenvalue weighted by molar-refractivity contribution is 7.89. The molecule has 0 atom stereocenters. The van der Waals surface area contributed by atoms with Crippen LogP contribution in [0.2, 0.25) is 0 Å². The molecule has 0 aliphatic heterocycles. The van der Waals surface area contributed by atoms with E-state index in [1.807, 2.05) is 6.92 Å². The first-order valence-electron chi connectivity index (χ1n) is 8.43. The van der Waals surface area contributed by atoms with Gasteiger partial charge < -0.3 is 9.73 Å². The molecule has 7 nitrogen and oxygen atoms in total. The molecule has 3 rings (SSSR count). The first-order chi connectivity index (χ1) is 13.3. The van der Waals surface area contributed by atoms with Gasteiger partial charge in [-0.25, -0.2) is 0 Å². The SMILES string of the molecule is C/C(=N\NS(=O)(=O)c1ccc(C)cc1)c1cccc(NC(=O)c2ccco2)c1. The van der Waals surface area contributed by atoms with Crippen molar-refractivity contribution in [2.45, 2.75) is 18.7 Å². The Hall–Kier alpha value is -3.39. The Morgan fingerprint density at radius 1 is 1.04 bits per heavy atom. The van der Waals surface area contributed by atoms with Crippen LogP contribution in [0.4, 0.5) is 5.69 Å². The number of hydrogen-bond donors (Lipinski definition) is 2. The summed E-state index contributed by atoms with van der Waals surface area (Å²) < 4.78 is 29.7. The molecule has 0 saturated heterocycles. The number of amides is 1. The van der Waals surface area contributed by atoms with Crippen LogP contribution in [0.25, 0.3) is 0 Å². The van der Waals surface area contributed by atoms with Gasteiger partial charge in [-0.05, 0) is 55.8 Å². The smallest absolute Gasteiger partial charge is 0.291 e. The molecule has 2 aromatic carbocycles. The van der Waals surface area contributed by atoms with E-state index in [0.29, 0.717) is 17.0 Å². The van der Waals surface area contributed by atoms with E-state index in [9.17, 15) is 13.2 Å². The van der Waals surface area contributed by atoms with Gasteiger partial charge in [0.05, 0.1) is 16.9 Å². The van der Waals surface area contributed by atoms with Crippen molar-refractivity contribution in [1.82, 2.24) is 4.83 Å². The number of furan rings is 1. The quantitative estimate of drug-likeness (QED) is 0.491. The average molecular weight is 397 g/mol. The van der Waals surface area contributed by atoms with Gasteiger partial charge in [-0.15, -0.1) is 0 Å². The summed E-state index contributed by atoms with van der Waals surface area (Å²) in [6.07, 6.45) is 1.42. The Labute approximate surface area is 163 Å². The second kappa shape index (κ2) is 8.10. The minimum Gasteiger partial charge on any atom is -0.459 e. The highest BCUT2D eigenvalue weighted by Gasteiger charge is 2.13. The zero-order chi connectivity index (χ0) is 20.1. The fraction of sp³-hybridized carbons (Fsp3) is 0.100. The molecule has 0 radical (unpaired) electrons. The van der Waals surface area contributed by atoms with E-state index in [0.717, 1.165) is 5.56 Å². The lowest BCUT2D eigenvalue weighted by atomic mass is 10.1. The predicted molar refractivity (Wildman–Crippen MR) is 107 cm³/mol. The molecule has 3 aromatic rings. The van der Waals surface area contributed by atoms with Gasteiger partial charge in [-0.2, -0.15) is 18.4 Å². The molecule has 8 heteroatoms. The number of carbonyl (C=O) groups excluding carboxylic acids is 1. The fourth-order valence-electron chi connectivity index (χ4n) is 2.39. The van der Waals surface area contributed by atoms with Crippen LogP contribution in [0.5, 0.6) is 0 Å². The number of hydrazone groups is 1. The maximum Gasteiger partial charge on any atom is 0.291 e. The number of sulfonamides is 1. The van der Waals surface area contributed by atoms with Crippen LogP contribution < -0.4 is 10.1 Å². The standard InChI is InChI=1S/C20H19N3O4S/c1-14-8-10-18(11-9-14)28(25,26)23-22-15(2)16-5-3-6-17(13-16)21-20(24)19-7-4-12-27-19/h3-13,23H,1-2H3,(H,21,24)/b22-15+. The van der Waals surface area contributed by atoms with E-state index in [4.69, 9.17) is 4.42 Å². The van der Waals surface area contributed by atoms with Crippen molar-refractivity contribution >= 4 is 27.3 Å². The van der Waals surface area contributed by atoms with Crippen molar-refractivity contribution in [3.63, 3.8) is 0 Å². The van der Waals surface area contributed by atoms with Crippen LogP contribution in [-0.2, 0) is 10.0 Å². The van der Waals surface area contributed by atoms with Crippen molar-refractivity contribution < 1.29 is 17.6 Å². The third-order valence-electron chi connectivity index (χ3n) is 3.95. The summed E-state index contributed by atoms with van der Waals surface area (Å²) in [7, 11) is -3.76. The van der Waals surface area contributed by atoms with Gasteiger partial charge in [0, 0.05) is 5.69 Å². The maximum atomic E-state index is 12.3. The van der Waals surface area contributed by atoms with E-state index in [-0.39, 0.29) is 16.6 Å². The Balaban J connectivity index is 1.74. The van der Waals surface area contributed by atoms with Gasteiger partial charge in [0.2, 0.25) is 0 Å². The molecule has 0 bridgehead atoms. The molecule has 1 aromatic heterocycles. The molecule has 144 valence electrons. The molecule has 1 amide bonds. The van der Waals surface area contributed by atoms with Crippen LogP contribution in [0.15, 0.2) is 81.3 Å². The monoisotopic (exact) mass is 397 g/mol. The number of hydrogen-bond acceptors (Lipinski definition) is 5. The van der Waals surface area contributed by atoms with Crippen molar-refractivity contribution in [3.8, 4) is 0 Å². The molecular formula is C20H19N3O4S. The summed E-state index contributed by atoms with van der Waals surface area (Å²) >= 11 is 0. The van der Waals surface area contributed by atoms with E-state index < -0.39 is 10.0 Å². The number of nitrogens with zero attached hydrogens (tertiary/aromatic N) is 1. The highest BCUT2D eigenvalue weighted by Crippen LogP contribution is 2.14. The van der Waals surface area contributed by atoms with E-state index in [1.165, 1.54) is 18.4 Å². The Kier molecular flexibility index (Phi) is 5.60. The first-order valence-corrected chi connectivity index (χ1v) is 9.91. The second-order valence-corrected chi connectivity index (χ2v) is 7.78. The number of nitrogens with one attached hydrogen (secondary N) is 2. The summed E-state index contributed by atoms with van der Waals surface area (Å²) in [4.78, 5) is 14.4. The molecule has 1 heterocycles. The molecule has 0 spiro atoms. The molecule has 0 unspecified atom stereocenters. The van der Waals surface area contributed by atoms with Gasteiger partial charge in [0.25, 0.3) is 15.9 Å². The summed E-state index contributed by atoms with van der Waals surface area (Å²) in [6, 6.07) is 16.6. The molecule has 0 aliphatic rings.